The van der Waals surface area contributed by atoms with Crippen molar-refractivity contribution in [3.63, 3.8) is 0 Å². The van der Waals surface area contributed by atoms with Gasteiger partial charge in [0, 0.05) is 33.7 Å². The van der Waals surface area contributed by atoms with Gasteiger partial charge in [0.15, 0.2) is 0 Å². The number of nitrogens with zero attached hydrogens (tertiary/aromatic N) is 8. The van der Waals surface area contributed by atoms with Crippen LogP contribution >= 0.6 is 46.4 Å². The van der Waals surface area contributed by atoms with E-state index in [9.17, 15) is 11.8 Å². The molecule has 0 aliphatic rings. The van der Waals surface area contributed by atoms with Crippen LogP contribution in [0.5, 0.6) is 11.5 Å². The summed E-state index contributed by atoms with van der Waals surface area (Å²) in [6, 6.07) is 87.2. The molecule has 0 saturated heterocycles. The van der Waals surface area contributed by atoms with Crippen LogP contribution < -0.4 is 42.0 Å². The first-order valence-electron chi connectivity index (χ1n) is 50.1. The molecule has 4 heterocycles. The molecule has 16 aromatic rings. The fraction of sp³-hybridized carbons (Fsp3) is 0.339. The topological polar surface area (TPSA) is 108 Å². The third-order valence-electron chi connectivity index (χ3n) is 27.3. The monoisotopic (exact) mass is 1850 g/mol. The molecule has 0 atom stereocenters. The second-order valence-electron chi connectivity index (χ2n) is 36.7. The number of hydrogen-bond acceptors (Lipinski definition) is 7. The van der Waals surface area contributed by atoms with E-state index < -0.39 is 13.7 Å². The maximum atomic E-state index is 13.3. The second kappa shape index (κ2) is 48.8. The number of benzene rings is 12. The molecule has 0 spiro atoms. The molecule has 16 rings (SSSR count). The van der Waals surface area contributed by atoms with Crippen molar-refractivity contribution in [2.45, 2.75) is 245 Å². The third kappa shape index (κ3) is 23.3. The van der Waals surface area contributed by atoms with E-state index in [2.05, 4.69) is 247 Å². The summed E-state index contributed by atoms with van der Waals surface area (Å²) in [5.41, 5.74) is 9.52. The van der Waals surface area contributed by atoms with Crippen molar-refractivity contribution in [1.29, 1.82) is 5.26 Å². The predicted octanol–water partition coefficient (Wildman–Crippen LogP) is 30.8. The van der Waals surface area contributed by atoms with Crippen molar-refractivity contribution < 1.29 is 9.47 Å². The van der Waals surface area contributed by atoms with Crippen LogP contribution in [0.3, 0.4) is 0 Å². The lowest BCUT2D eigenvalue weighted by Crippen LogP contribution is -2.55. The Bertz CT molecular complexity index is 6310. The number of halogens is 4. The van der Waals surface area contributed by atoms with Gasteiger partial charge in [-0.3, -0.25) is 15.0 Å². The molecular weight excluding hydrogens is 1720 g/mol. The first kappa shape index (κ1) is 95.9. The zero-order chi connectivity index (χ0) is 92.2. The maximum Gasteiger partial charge on any atom is 0.329 e. The highest BCUT2D eigenvalue weighted by molar-refractivity contribution is 6.89. The van der Waals surface area contributed by atoms with Crippen LogP contribution in [-0.4, -0.2) is 55.8 Å². The Morgan fingerprint density at radius 2 is 0.612 bits per heavy atom. The van der Waals surface area contributed by atoms with E-state index in [1.165, 1.54) is 205 Å². The highest BCUT2D eigenvalue weighted by atomic mass is 35.5. The van der Waals surface area contributed by atoms with E-state index in [1.807, 2.05) is 0 Å². The number of aromatic nitrogens is 6. The SMILES string of the molecule is [C-]#[N+]/C(c1cnc2cc(Cl)c(Cl)cc2n1)=c1\c2c(-c3ccc(OCCCCCCCCCCCCCCCCCCCC)cc3)n(B(c3cccc4ccccc34)c3cccc4ccccc34)c(=C(C#N)c3cnc4cc(Cl)c(Cl)cc4n3)c2c(-c2ccc(OCCCCCCCCCCCCCCCCCCCC)cc2)n1B(c1cccc2ccccc12)c1cccc2ccccc12. The van der Waals surface area contributed by atoms with Crippen molar-refractivity contribution in [3.8, 4) is 40.1 Å². The third-order valence-corrected chi connectivity index (χ3v) is 28.7. The fourth-order valence-corrected chi connectivity index (χ4v) is 21.0. The first-order valence-corrected chi connectivity index (χ1v) is 51.6. The molecule has 134 heavy (non-hydrogen) atoms. The van der Waals surface area contributed by atoms with E-state index in [1.54, 1.807) is 36.7 Å². The van der Waals surface area contributed by atoms with Crippen LogP contribution in [0, 0.1) is 17.9 Å². The zero-order valence-corrected chi connectivity index (χ0v) is 81.2. The minimum absolute atomic E-state index is 0.174. The molecule has 682 valence electrons. The van der Waals surface area contributed by atoms with E-state index >= 15 is 0 Å². The predicted molar refractivity (Wildman–Crippen MR) is 572 cm³/mol. The number of nitriles is 1. The molecule has 0 bridgehead atoms. The van der Waals surface area contributed by atoms with Gasteiger partial charge in [-0.15, -0.1) is 0 Å². The van der Waals surface area contributed by atoms with Crippen LogP contribution in [0.4, 0.5) is 0 Å². The van der Waals surface area contributed by atoms with Gasteiger partial charge in [-0.1, -0.05) is 448 Å². The molecule has 0 N–H and O–H groups in total. The van der Waals surface area contributed by atoms with Crippen molar-refractivity contribution in [1.82, 2.24) is 28.9 Å². The molecule has 0 aliphatic heterocycles. The standard InChI is InChI=1S/C118H124B2Cl4N8O2/c1-4-6-8-10-12-14-16-18-20-22-24-26-28-30-32-34-36-46-76-133-91-72-68-89(69-73-91)115-112-113(118(114(126-3)111-84-128-107-79-103(122)105(124)81-109(107)130-111)132(115)120(100-66-50-58-87-54-40-44-62-95(87)100)101-67-51-59-88-55-41-45-63-96(88)101)116(90-70-74-92(75-71-90)134-77-47-37-35-33-31-29-27-25-23-21-19-17-15-13-11-9-7-5-2)131(117(112)97(82-125)110-83-127-106-78-102(121)104(123)80-108(106)129-110)119(98-64-48-56-85-52-38-42-60-93(85)98)99-65-49-57-86-53-39-43-61-94(86)99/h38-45,48-75,78-81,83-84H,4-37,46-47,76-77H2,1-2H3/b117-97?,118-114+. The summed E-state index contributed by atoms with van der Waals surface area (Å²) in [6.45, 7) is 14.4. The van der Waals surface area contributed by atoms with E-state index in [-0.39, 0.29) is 27.7 Å². The first-order chi connectivity index (χ1) is 66.1. The van der Waals surface area contributed by atoms with Crippen LogP contribution in [0.25, 0.3) is 115 Å². The Hall–Kier alpha value is -11.2. The lowest BCUT2D eigenvalue weighted by Gasteiger charge is -2.26. The Balaban J connectivity index is 0.906. The normalized spacial score (nSPS) is 12.1. The lowest BCUT2D eigenvalue weighted by molar-refractivity contribution is 0.304. The quantitative estimate of drug-likeness (QED) is 0.0212. The minimum Gasteiger partial charge on any atom is -0.494 e. The van der Waals surface area contributed by atoms with Gasteiger partial charge in [0.2, 0.25) is 5.70 Å². The molecule has 4 aromatic heterocycles. The largest absolute Gasteiger partial charge is 0.494 e. The van der Waals surface area contributed by atoms with Gasteiger partial charge in [-0.05, 0) is 162 Å². The van der Waals surface area contributed by atoms with Gasteiger partial charge < -0.3 is 18.4 Å². The highest BCUT2D eigenvalue weighted by Crippen LogP contribution is 2.41. The summed E-state index contributed by atoms with van der Waals surface area (Å²) in [5, 5.41) is 24.9. The molecule has 0 amide bonds. The van der Waals surface area contributed by atoms with Crippen molar-refractivity contribution >= 4 is 169 Å². The van der Waals surface area contributed by atoms with Gasteiger partial charge in [-0.25, -0.2) is 9.83 Å². The summed E-state index contributed by atoms with van der Waals surface area (Å²) in [6.07, 6.45) is 50.1. The summed E-state index contributed by atoms with van der Waals surface area (Å²) in [7, 11) is 0. The van der Waals surface area contributed by atoms with Gasteiger partial charge in [0.1, 0.15) is 28.8 Å². The maximum absolute atomic E-state index is 13.3. The smallest absolute Gasteiger partial charge is 0.329 e. The van der Waals surface area contributed by atoms with Gasteiger partial charge in [0.25, 0.3) is 0 Å². The number of fused-ring (bicyclic) bond motifs is 7. The van der Waals surface area contributed by atoms with Crippen molar-refractivity contribution in [2.75, 3.05) is 13.2 Å². The van der Waals surface area contributed by atoms with E-state index in [0.29, 0.717) is 83.2 Å². The Morgan fingerprint density at radius 1 is 0.336 bits per heavy atom. The molecule has 12 aromatic carbocycles. The molecule has 16 heteroatoms. The van der Waals surface area contributed by atoms with Gasteiger partial charge in [-0.2, -0.15) is 5.26 Å². The zero-order valence-electron chi connectivity index (χ0n) is 78.2. The fourth-order valence-electron chi connectivity index (χ4n) is 20.3. The lowest BCUT2D eigenvalue weighted by atomic mass is 9.48. The Morgan fingerprint density at radius 3 is 0.933 bits per heavy atom. The van der Waals surface area contributed by atoms with Crippen LogP contribution in [-0.2, 0) is 0 Å². The summed E-state index contributed by atoms with van der Waals surface area (Å²) in [5.74, 6) is 1.44. The second-order valence-corrected chi connectivity index (χ2v) is 38.3. The summed E-state index contributed by atoms with van der Waals surface area (Å²) >= 11 is 27.8. The molecule has 10 nitrogen and oxygen atoms in total. The van der Waals surface area contributed by atoms with Gasteiger partial charge >= 0.3 is 13.7 Å². The van der Waals surface area contributed by atoms with Crippen LogP contribution in [0.2, 0.25) is 20.1 Å². The van der Waals surface area contributed by atoms with Crippen molar-refractivity contribution in [3.05, 3.63) is 309 Å². The molecule has 0 radical (unpaired) electrons. The van der Waals surface area contributed by atoms with Crippen LogP contribution in [0.15, 0.2) is 255 Å². The molecule has 0 saturated carbocycles. The molecule has 0 fully saturated rings. The van der Waals surface area contributed by atoms with Crippen molar-refractivity contribution in [2.24, 2.45) is 0 Å². The number of hydrogen-bond donors (Lipinski definition) is 0. The minimum atomic E-state index is -0.783. The highest BCUT2D eigenvalue weighted by Gasteiger charge is 2.40. The van der Waals surface area contributed by atoms with Crippen LogP contribution in [0.1, 0.15) is 256 Å². The Labute approximate surface area is 813 Å². The molecular formula is C118H124B2Cl4N8O2. The number of ether oxygens (including phenoxy) is 2. The average Bonchev–Trinajstić information content (AvgIpc) is 1.51. The van der Waals surface area contributed by atoms with E-state index in [0.717, 1.165) is 113 Å². The summed E-state index contributed by atoms with van der Waals surface area (Å²) < 4.78 is 18.6. The molecule has 0 aliphatic carbocycles. The number of unbranched alkanes of at least 4 members (excludes halogenated alkanes) is 34. The van der Waals surface area contributed by atoms with Gasteiger partial charge in [0.05, 0.1) is 79.2 Å². The Kier molecular flexibility index (Phi) is 34.9. The summed E-state index contributed by atoms with van der Waals surface area (Å²) in [4.78, 5) is 26.3. The molecule has 0 unspecified atom stereocenters. The van der Waals surface area contributed by atoms with E-state index in [4.69, 9.17) is 80.7 Å². The average molecular weight is 1850 g/mol. The number of rotatable bonds is 50.